The van der Waals surface area contributed by atoms with Crippen LogP contribution in [0.3, 0.4) is 0 Å². The molecule has 0 aliphatic heterocycles. The number of nitrogens with zero attached hydrogens (tertiary/aromatic N) is 1. The summed E-state index contributed by atoms with van der Waals surface area (Å²) in [7, 11) is 0. The van der Waals surface area contributed by atoms with Gasteiger partial charge >= 0.3 is 0 Å². The van der Waals surface area contributed by atoms with Crippen molar-refractivity contribution >= 4 is 6.21 Å². The Hall–Kier alpha value is -1.51. The van der Waals surface area contributed by atoms with E-state index in [1.165, 1.54) is 18.4 Å². The molecule has 0 spiro atoms. The van der Waals surface area contributed by atoms with Gasteiger partial charge in [-0.3, -0.25) is 0 Å². The van der Waals surface area contributed by atoms with E-state index in [1.54, 1.807) is 6.21 Å². The molecular formula is C13H20N2O. The van der Waals surface area contributed by atoms with Crippen LogP contribution >= 0.6 is 0 Å². The van der Waals surface area contributed by atoms with Gasteiger partial charge < -0.3 is 10.6 Å². The van der Waals surface area contributed by atoms with Gasteiger partial charge in [-0.05, 0) is 25.5 Å². The monoisotopic (exact) mass is 220 g/mol. The van der Waals surface area contributed by atoms with E-state index in [-0.39, 0.29) is 0 Å². The Bertz CT molecular complexity index is 348. The van der Waals surface area contributed by atoms with Gasteiger partial charge in [0, 0.05) is 5.56 Å². The molecule has 0 saturated heterocycles. The van der Waals surface area contributed by atoms with Gasteiger partial charge in [0.1, 0.15) is 5.75 Å². The van der Waals surface area contributed by atoms with Gasteiger partial charge in [0.2, 0.25) is 0 Å². The van der Waals surface area contributed by atoms with Crippen molar-refractivity contribution in [2.75, 3.05) is 6.61 Å². The van der Waals surface area contributed by atoms with Gasteiger partial charge in [-0.25, -0.2) is 0 Å². The number of hydrogen-bond acceptors (Lipinski definition) is 3. The van der Waals surface area contributed by atoms with Crippen molar-refractivity contribution in [3.63, 3.8) is 0 Å². The molecule has 3 nitrogen and oxygen atoms in total. The third-order valence-electron chi connectivity index (χ3n) is 2.38. The van der Waals surface area contributed by atoms with Crippen molar-refractivity contribution in [1.82, 2.24) is 0 Å². The first kappa shape index (κ1) is 12.6. The lowest BCUT2D eigenvalue weighted by molar-refractivity contribution is 0.306. The van der Waals surface area contributed by atoms with Crippen molar-refractivity contribution < 1.29 is 4.74 Å². The van der Waals surface area contributed by atoms with Crippen LogP contribution in [0.15, 0.2) is 23.3 Å². The quantitative estimate of drug-likeness (QED) is 0.347. The second kappa shape index (κ2) is 6.88. The standard InChI is InChI=1S/C13H20N2O/c1-3-4-5-8-16-13-7-6-11(2)9-12(13)10-15-14/h6-7,9-10H,3-5,8,14H2,1-2H3. The molecule has 0 heterocycles. The summed E-state index contributed by atoms with van der Waals surface area (Å²) in [5.41, 5.74) is 2.12. The summed E-state index contributed by atoms with van der Waals surface area (Å²) in [5.74, 6) is 6.03. The van der Waals surface area contributed by atoms with E-state index in [0.717, 1.165) is 24.3 Å². The molecule has 16 heavy (non-hydrogen) atoms. The van der Waals surface area contributed by atoms with Crippen LogP contribution < -0.4 is 10.6 Å². The first-order valence-electron chi connectivity index (χ1n) is 5.74. The Labute approximate surface area is 97.3 Å². The predicted octanol–water partition coefficient (Wildman–Crippen LogP) is 2.86. The van der Waals surface area contributed by atoms with Gasteiger partial charge in [0.05, 0.1) is 12.8 Å². The molecule has 1 aromatic carbocycles. The maximum atomic E-state index is 5.70. The Morgan fingerprint density at radius 1 is 1.38 bits per heavy atom. The van der Waals surface area contributed by atoms with Crippen LogP contribution in [0, 0.1) is 6.92 Å². The number of hydrogen-bond donors (Lipinski definition) is 1. The highest BCUT2D eigenvalue weighted by Crippen LogP contribution is 2.18. The van der Waals surface area contributed by atoms with E-state index in [9.17, 15) is 0 Å². The summed E-state index contributed by atoms with van der Waals surface area (Å²) in [6.45, 7) is 4.97. The predicted molar refractivity (Wildman–Crippen MR) is 68.0 cm³/mol. The largest absolute Gasteiger partial charge is 0.493 e. The Balaban J connectivity index is 2.63. The third kappa shape index (κ3) is 3.93. The lowest BCUT2D eigenvalue weighted by Gasteiger charge is -2.09. The molecule has 0 saturated carbocycles. The molecule has 0 aromatic heterocycles. The molecule has 0 aliphatic carbocycles. The molecule has 0 amide bonds. The van der Waals surface area contributed by atoms with Crippen molar-refractivity contribution in [2.45, 2.75) is 33.1 Å². The lowest BCUT2D eigenvalue weighted by Crippen LogP contribution is -2.00. The van der Waals surface area contributed by atoms with Gasteiger partial charge in [0.15, 0.2) is 0 Å². The van der Waals surface area contributed by atoms with E-state index in [1.807, 2.05) is 25.1 Å². The van der Waals surface area contributed by atoms with Crippen LogP contribution in [-0.2, 0) is 0 Å². The van der Waals surface area contributed by atoms with Crippen LogP contribution in [0.4, 0.5) is 0 Å². The van der Waals surface area contributed by atoms with E-state index >= 15 is 0 Å². The average molecular weight is 220 g/mol. The molecule has 0 atom stereocenters. The highest BCUT2D eigenvalue weighted by atomic mass is 16.5. The zero-order valence-electron chi connectivity index (χ0n) is 10.1. The third-order valence-corrected chi connectivity index (χ3v) is 2.38. The number of ether oxygens (including phenoxy) is 1. The number of nitrogens with two attached hydrogens (primary N) is 1. The topological polar surface area (TPSA) is 47.6 Å². The smallest absolute Gasteiger partial charge is 0.128 e. The summed E-state index contributed by atoms with van der Waals surface area (Å²) in [4.78, 5) is 0. The Morgan fingerprint density at radius 3 is 2.88 bits per heavy atom. The van der Waals surface area contributed by atoms with E-state index in [2.05, 4.69) is 12.0 Å². The van der Waals surface area contributed by atoms with Gasteiger partial charge in [-0.1, -0.05) is 31.4 Å². The summed E-state index contributed by atoms with van der Waals surface area (Å²) in [6, 6.07) is 6.02. The second-order valence-corrected chi connectivity index (χ2v) is 3.88. The molecule has 0 aliphatic rings. The van der Waals surface area contributed by atoms with E-state index < -0.39 is 0 Å². The fraction of sp³-hybridized carbons (Fsp3) is 0.462. The van der Waals surface area contributed by atoms with E-state index in [0.29, 0.717) is 0 Å². The van der Waals surface area contributed by atoms with Crippen LogP contribution in [0.2, 0.25) is 0 Å². The second-order valence-electron chi connectivity index (χ2n) is 3.88. The lowest BCUT2D eigenvalue weighted by atomic mass is 10.1. The number of aryl methyl sites for hydroxylation is 1. The summed E-state index contributed by atoms with van der Waals surface area (Å²) >= 11 is 0. The zero-order chi connectivity index (χ0) is 11.8. The van der Waals surface area contributed by atoms with Gasteiger partial charge in [-0.15, -0.1) is 0 Å². The number of hydrazone groups is 1. The van der Waals surface area contributed by atoms with Crippen LogP contribution in [0.1, 0.15) is 37.3 Å². The minimum atomic E-state index is 0.752. The number of unbranched alkanes of at least 4 members (excludes halogenated alkanes) is 2. The van der Waals surface area contributed by atoms with E-state index in [4.69, 9.17) is 10.6 Å². The molecule has 3 heteroatoms. The fourth-order valence-corrected chi connectivity index (χ4v) is 1.51. The van der Waals surface area contributed by atoms with Crippen molar-refractivity contribution in [1.29, 1.82) is 0 Å². The molecule has 0 bridgehead atoms. The maximum Gasteiger partial charge on any atom is 0.128 e. The number of rotatable bonds is 6. The normalized spacial score (nSPS) is 10.9. The minimum absolute atomic E-state index is 0.752. The first-order valence-corrected chi connectivity index (χ1v) is 5.74. The molecule has 0 fully saturated rings. The van der Waals surface area contributed by atoms with Crippen molar-refractivity contribution in [3.05, 3.63) is 29.3 Å². The molecule has 0 unspecified atom stereocenters. The zero-order valence-corrected chi connectivity index (χ0v) is 10.1. The fourth-order valence-electron chi connectivity index (χ4n) is 1.51. The molecule has 1 rings (SSSR count). The average Bonchev–Trinajstić information content (AvgIpc) is 2.27. The van der Waals surface area contributed by atoms with Crippen molar-refractivity contribution in [3.8, 4) is 5.75 Å². The van der Waals surface area contributed by atoms with Gasteiger partial charge in [0.25, 0.3) is 0 Å². The molecular weight excluding hydrogens is 200 g/mol. The van der Waals surface area contributed by atoms with Crippen LogP contribution in [-0.4, -0.2) is 12.8 Å². The highest BCUT2D eigenvalue weighted by Gasteiger charge is 2.01. The molecule has 88 valence electrons. The first-order chi connectivity index (χ1) is 7.77. The maximum absolute atomic E-state index is 5.70. The van der Waals surface area contributed by atoms with Crippen LogP contribution in [0.25, 0.3) is 0 Å². The van der Waals surface area contributed by atoms with Crippen molar-refractivity contribution in [2.24, 2.45) is 10.9 Å². The Morgan fingerprint density at radius 2 is 2.19 bits per heavy atom. The highest BCUT2D eigenvalue weighted by molar-refractivity contribution is 5.83. The Kier molecular flexibility index (Phi) is 5.40. The van der Waals surface area contributed by atoms with Crippen LogP contribution in [0.5, 0.6) is 5.75 Å². The number of benzene rings is 1. The summed E-state index contributed by atoms with van der Waals surface area (Å²) in [6.07, 6.45) is 5.12. The van der Waals surface area contributed by atoms with Gasteiger partial charge in [-0.2, -0.15) is 5.10 Å². The molecule has 1 aromatic rings. The SMILES string of the molecule is CCCCCOc1ccc(C)cc1C=NN. The summed E-state index contributed by atoms with van der Waals surface area (Å²) in [5, 5.41) is 3.55. The molecule has 2 N–H and O–H groups in total. The summed E-state index contributed by atoms with van der Waals surface area (Å²) < 4.78 is 5.70. The minimum Gasteiger partial charge on any atom is -0.493 e. The molecule has 0 radical (unpaired) electrons.